The molecule has 2 rings (SSSR count). The lowest BCUT2D eigenvalue weighted by Gasteiger charge is -2.31. The van der Waals surface area contributed by atoms with Gasteiger partial charge in [-0.1, -0.05) is 6.92 Å². The molecule has 0 aliphatic carbocycles. The molecular weight excluding hydrogens is 244 g/mol. The molecule has 5 heteroatoms. The van der Waals surface area contributed by atoms with E-state index in [-0.39, 0.29) is 11.9 Å². The van der Waals surface area contributed by atoms with Gasteiger partial charge in [0.1, 0.15) is 0 Å². The number of esters is 1. The van der Waals surface area contributed by atoms with E-state index < -0.39 is 0 Å². The van der Waals surface area contributed by atoms with Gasteiger partial charge in [-0.05, 0) is 25.4 Å². The summed E-state index contributed by atoms with van der Waals surface area (Å²) < 4.78 is 10.4. The third-order valence-corrected chi connectivity index (χ3v) is 4.39. The Hall–Kier alpha value is -0.650. The van der Waals surface area contributed by atoms with Gasteiger partial charge in [0.05, 0.1) is 26.2 Å². The number of carbonyl (C=O) groups is 1. The third-order valence-electron chi connectivity index (χ3n) is 4.39. The Morgan fingerprint density at radius 2 is 2.05 bits per heavy atom. The molecule has 2 saturated heterocycles. The van der Waals surface area contributed by atoms with Crippen LogP contribution < -0.4 is 0 Å². The molecule has 2 fully saturated rings. The molecule has 0 saturated carbocycles. The van der Waals surface area contributed by atoms with E-state index in [4.69, 9.17) is 9.47 Å². The van der Waals surface area contributed by atoms with Gasteiger partial charge in [0.25, 0.3) is 0 Å². The minimum Gasteiger partial charge on any atom is -0.469 e. The minimum atomic E-state index is -0.0468. The van der Waals surface area contributed by atoms with Crippen molar-refractivity contribution < 1.29 is 14.3 Å². The number of hydrogen-bond acceptors (Lipinski definition) is 5. The van der Waals surface area contributed by atoms with E-state index in [2.05, 4.69) is 16.7 Å². The Morgan fingerprint density at radius 3 is 2.63 bits per heavy atom. The van der Waals surface area contributed by atoms with Crippen molar-refractivity contribution in [2.24, 2.45) is 11.8 Å². The van der Waals surface area contributed by atoms with Gasteiger partial charge < -0.3 is 14.4 Å². The molecule has 2 heterocycles. The number of likely N-dealkylation sites (tertiary alicyclic amines) is 1. The molecule has 0 bridgehead atoms. The second-order valence-corrected chi connectivity index (χ2v) is 5.48. The summed E-state index contributed by atoms with van der Waals surface area (Å²) in [5.74, 6) is 0.407. The van der Waals surface area contributed by atoms with E-state index in [1.165, 1.54) is 7.11 Å². The molecule has 0 aromatic carbocycles. The monoisotopic (exact) mass is 270 g/mol. The summed E-state index contributed by atoms with van der Waals surface area (Å²) >= 11 is 0. The fourth-order valence-corrected chi connectivity index (χ4v) is 3.11. The van der Waals surface area contributed by atoms with Crippen LogP contribution in [0.25, 0.3) is 0 Å². The van der Waals surface area contributed by atoms with Crippen molar-refractivity contribution in [2.75, 3.05) is 59.6 Å². The molecule has 2 aliphatic rings. The van der Waals surface area contributed by atoms with Gasteiger partial charge in [0.15, 0.2) is 0 Å². The summed E-state index contributed by atoms with van der Waals surface area (Å²) in [6, 6.07) is 0. The predicted molar refractivity (Wildman–Crippen MR) is 73.0 cm³/mol. The van der Waals surface area contributed by atoms with Crippen molar-refractivity contribution in [3.63, 3.8) is 0 Å². The molecule has 2 atom stereocenters. The second kappa shape index (κ2) is 7.22. The maximum Gasteiger partial charge on any atom is 0.310 e. The van der Waals surface area contributed by atoms with Crippen molar-refractivity contribution in [3.8, 4) is 0 Å². The normalized spacial score (nSPS) is 27.4. The summed E-state index contributed by atoms with van der Waals surface area (Å²) in [5, 5.41) is 0. The Labute approximate surface area is 115 Å². The number of ether oxygens (including phenoxy) is 2. The predicted octanol–water partition coefficient (Wildman–Crippen LogP) is 0.450. The van der Waals surface area contributed by atoms with Crippen LogP contribution in [0.1, 0.15) is 13.3 Å². The molecular formula is C14H26N2O3. The third kappa shape index (κ3) is 3.91. The zero-order valence-corrected chi connectivity index (χ0v) is 12.1. The molecule has 0 aromatic heterocycles. The first-order chi connectivity index (χ1) is 9.24. The molecule has 2 unspecified atom stereocenters. The summed E-state index contributed by atoms with van der Waals surface area (Å²) in [5.41, 5.74) is 0. The van der Waals surface area contributed by atoms with Crippen LogP contribution in [-0.4, -0.2) is 75.4 Å². The number of rotatable bonds is 5. The SMILES string of the molecule is CCN1CCC(C(CN2CCOCC2)C(=O)OC)C1. The fourth-order valence-electron chi connectivity index (χ4n) is 3.11. The average molecular weight is 270 g/mol. The van der Waals surface area contributed by atoms with Crippen LogP contribution in [-0.2, 0) is 14.3 Å². The smallest absolute Gasteiger partial charge is 0.310 e. The lowest BCUT2D eigenvalue weighted by Crippen LogP contribution is -2.43. The highest BCUT2D eigenvalue weighted by molar-refractivity contribution is 5.73. The Morgan fingerprint density at radius 1 is 1.32 bits per heavy atom. The second-order valence-electron chi connectivity index (χ2n) is 5.48. The van der Waals surface area contributed by atoms with Gasteiger partial charge >= 0.3 is 5.97 Å². The van der Waals surface area contributed by atoms with E-state index in [1.807, 2.05) is 0 Å². The average Bonchev–Trinajstić information content (AvgIpc) is 2.93. The van der Waals surface area contributed by atoms with Crippen LogP contribution in [0.4, 0.5) is 0 Å². The Kier molecular flexibility index (Phi) is 5.60. The number of carbonyl (C=O) groups excluding carboxylic acids is 1. The molecule has 5 nitrogen and oxygen atoms in total. The first-order valence-corrected chi connectivity index (χ1v) is 7.35. The topological polar surface area (TPSA) is 42.0 Å². The number of hydrogen-bond donors (Lipinski definition) is 0. The van der Waals surface area contributed by atoms with Crippen LogP contribution in [0.5, 0.6) is 0 Å². The maximum absolute atomic E-state index is 12.1. The van der Waals surface area contributed by atoms with Gasteiger partial charge in [-0.2, -0.15) is 0 Å². The van der Waals surface area contributed by atoms with E-state index in [0.717, 1.165) is 58.9 Å². The molecule has 19 heavy (non-hydrogen) atoms. The summed E-state index contributed by atoms with van der Waals surface area (Å²) in [6.07, 6.45) is 1.11. The molecule has 0 amide bonds. The van der Waals surface area contributed by atoms with Gasteiger partial charge in [-0.3, -0.25) is 9.69 Å². The summed E-state index contributed by atoms with van der Waals surface area (Å²) in [4.78, 5) is 16.8. The van der Waals surface area contributed by atoms with Gasteiger partial charge in [0.2, 0.25) is 0 Å². The number of nitrogens with zero attached hydrogens (tertiary/aromatic N) is 2. The van der Waals surface area contributed by atoms with E-state index in [0.29, 0.717) is 5.92 Å². The van der Waals surface area contributed by atoms with Crippen molar-refractivity contribution >= 4 is 5.97 Å². The standard InChI is InChI=1S/C14H26N2O3/c1-3-15-5-4-12(10-15)13(14(17)18-2)11-16-6-8-19-9-7-16/h12-13H,3-11H2,1-2H3. The van der Waals surface area contributed by atoms with E-state index in [9.17, 15) is 4.79 Å². The molecule has 110 valence electrons. The van der Waals surface area contributed by atoms with E-state index in [1.54, 1.807) is 0 Å². The van der Waals surface area contributed by atoms with Crippen molar-refractivity contribution in [2.45, 2.75) is 13.3 Å². The Bertz CT molecular complexity index is 292. The maximum atomic E-state index is 12.1. The van der Waals surface area contributed by atoms with Crippen molar-refractivity contribution in [1.29, 1.82) is 0 Å². The van der Waals surface area contributed by atoms with Gasteiger partial charge in [-0.25, -0.2) is 0 Å². The fraction of sp³-hybridized carbons (Fsp3) is 0.929. The zero-order valence-electron chi connectivity index (χ0n) is 12.1. The van der Waals surface area contributed by atoms with Gasteiger partial charge in [-0.15, -0.1) is 0 Å². The highest BCUT2D eigenvalue weighted by Gasteiger charge is 2.35. The van der Waals surface area contributed by atoms with Crippen LogP contribution in [0.15, 0.2) is 0 Å². The quantitative estimate of drug-likeness (QED) is 0.679. The first-order valence-electron chi connectivity index (χ1n) is 7.35. The number of morpholine rings is 1. The lowest BCUT2D eigenvalue weighted by atomic mass is 9.91. The van der Waals surface area contributed by atoms with Crippen molar-refractivity contribution in [3.05, 3.63) is 0 Å². The summed E-state index contributed by atoms with van der Waals surface area (Å²) in [6.45, 7) is 9.62. The van der Waals surface area contributed by atoms with E-state index >= 15 is 0 Å². The minimum absolute atomic E-state index is 0.0136. The molecule has 2 aliphatic heterocycles. The molecule has 0 radical (unpaired) electrons. The number of methoxy groups -OCH3 is 1. The molecule has 0 spiro atoms. The highest BCUT2D eigenvalue weighted by Crippen LogP contribution is 2.26. The largest absolute Gasteiger partial charge is 0.469 e. The van der Waals surface area contributed by atoms with Crippen LogP contribution in [0.3, 0.4) is 0 Å². The van der Waals surface area contributed by atoms with Gasteiger partial charge in [0, 0.05) is 26.2 Å². The molecule has 0 N–H and O–H groups in total. The van der Waals surface area contributed by atoms with Crippen LogP contribution >= 0.6 is 0 Å². The first kappa shape index (κ1) is 14.8. The highest BCUT2D eigenvalue weighted by atomic mass is 16.5. The van der Waals surface area contributed by atoms with Crippen molar-refractivity contribution in [1.82, 2.24) is 9.80 Å². The molecule has 0 aromatic rings. The van der Waals surface area contributed by atoms with Crippen LogP contribution in [0, 0.1) is 11.8 Å². The Balaban J connectivity index is 1.93. The zero-order chi connectivity index (χ0) is 13.7. The summed E-state index contributed by atoms with van der Waals surface area (Å²) in [7, 11) is 1.50. The lowest BCUT2D eigenvalue weighted by molar-refractivity contribution is -0.148. The van der Waals surface area contributed by atoms with Crippen LogP contribution in [0.2, 0.25) is 0 Å².